The first kappa shape index (κ1) is 23.1. The summed E-state index contributed by atoms with van der Waals surface area (Å²) in [6.45, 7) is 5.99. The van der Waals surface area contributed by atoms with Gasteiger partial charge in [-0.3, -0.25) is 14.7 Å². The first-order valence-electron chi connectivity index (χ1n) is 11.3. The molecule has 4 rings (SSSR count). The summed E-state index contributed by atoms with van der Waals surface area (Å²) >= 11 is 6.34. The normalized spacial score (nSPS) is 14.2. The van der Waals surface area contributed by atoms with Gasteiger partial charge in [-0.1, -0.05) is 41.9 Å². The molecule has 6 nitrogen and oxygen atoms in total. The molecule has 1 amide bonds. The Balaban J connectivity index is 1.14. The average molecular weight is 465 g/mol. The van der Waals surface area contributed by atoms with Gasteiger partial charge in [0.25, 0.3) is 5.91 Å². The molecule has 7 heteroatoms. The highest BCUT2D eigenvalue weighted by atomic mass is 35.5. The van der Waals surface area contributed by atoms with Crippen LogP contribution in [0, 0.1) is 0 Å². The lowest BCUT2D eigenvalue weighted by Gasteiger charge is -2.36. The van der Waals surface area contributed by atoms with Crippen LogP contribution in [0.2, 0.25) is 5.02 Å². The van der Waals surface area contributed by atoms with Gasteiger partial charge in [0.1, 0.15) is 11.4 Å². The van der Waals surface area contributed by atoms with Crippen molar-refractivity contribution in [1.29, 1.82) is 0 Å². The van der Waals surface area contributed by atoms with Crippen LogP contribution in [0.15, 0.2) is 72.9 Å². The standard InChI is InChI=1S/C26H29ClN4O2/c27-23-6-1-2-8-25(23)31-17-15-30(16-18-31)20-21-9-11-22(12-10-21)33-19-5-14-29-26(32)24-7-3-4-13-28-24/h1-4,6-13H,5,14-20H2,(H,29,32). The summed E-state index contributed by atoms with van der Waals surface area (Å²) in [5, 5.41) is 3.68. The second kappa shape index (κ2) is 11.7. The van der Waals surface area contributed by atoms with E-state index in [1.54, 1.807) is 24.4 Å². The number of hydrogen-bond donors (Lipinski definition) is 1. The number of para-hydroxylation sites is 1. The zero-order valence-electron chi connectivity index (χ0n) is 18.6. The average Bonchev–Trinajstić information content (AvgIpc) is 2.86. The Morgan fingerprint density at radius 3 is 2.45 bits per heavy atom. The van der Waals surface area contributed by atoms with Crippen LogP contribution in [-0.2, 0) is 6.54 Å². The van der Waals surface area contributed by atoms with E-state index in [-0.39, 0.29) is 5.91 Å². The van der Waals surface area contributed by atoms with Crippen molar-refractivity contribution >= 4 is 23.2 Å². The van der Waals surface area contributed by atoms with Crippen LogP contribution < -0.4 is 15.0 Å². The molecule has 0 saturated carbocycles. The van der Waals surface area contributed by atoms with E-state index in [0.717, 1.165) is 55.6 Å². The van der Waals surface area contributed by atoms with Crippen molar-refractivity contribution in [2.75, 3.05) is 44.2 Å². The molecule has 0 bridgehead atoms. The first-order chi connectivity index (χ1) is 16.2. The molecule has 0 spiro atoms. The van der Waals surface area contributed by atoms with Gasteiger partial charge in [-0.2, -0.15) is 0 Å². The Labute approximate surface area is 200 Å². The third-order valence-electron chi connectivity index (χ3n) is 5.67. The van der Waals surface area contributed by atoms with Crippen LogP contribution in [0.5, 0.6) is 5.75 Å². The van der Waals surface area contributed by atoms with E-state index in [9.17, 15) is 4.79 Å². The van der Waals surface area contributed by atoms with Gasteiger partial charge in [0, 0.05) is 45.5 Å². The van der Waals surface area contributed by atoms with Gasteiger partial charge in [0.2, 0.25) is 0 Å². The van der Waals surface area contributed by atoms with Crippen molar-refractivity contribution in [3.8, 4) is 5.75 Å². The number of halogens is 1. The molecular formula is C26H29ClN4O2. The number of ether oxygens (including phenoxy) is 1. The summed E-state index contributed by atoms with van der Waals surface area (Å²) in [7, 11) is 0. The van der Waals surface area contributed by atoms with Crippen LogP contribution in [0.1, 0.15) is 22.5 Å². The Bertz CT molecular complexity index is 1020. The molecule has 0 radical (unpaired) electrons. The topological polar surface area (TPSA) is 57.7 Å². The Hall–Kier alpha value is -3.09. The predicted octanol–water partition coefficient (Wildman–Crippen LogP) is 4.26. The molecule has 2 aromatic carbocycles. The number of benzene rings is 2. The van der Waals surface area contributed by atoms with E-state index in [1.807, 2.05) is 30.3 Å². The Morgan fingerprint density at radius 1 is 0.970 bits per heavy atom. The van der Waals surface area contributed by atoms with Gasteiger partial charge in [0.05, 0.1) is 17.3 Å². The number of anilines is 1. The van der Waals surface area contributed by atoms with Crippen molar-refractivity contribution in [3.05, 3.63) is 89.2 Å². The highest BCUT2D eigenvalue weighted by Crippen LogP contribution is 2.26. The van der Waals surface area contributed by atoms with Gasteiger partial charge in [-0.15, -0.1) is 0 Å². The third kappa shape index (κ3) is 6.70. The van der Waals surface area contributed by atoms with Crippen LogP contribution in [0.4, 0.5) is 5.69 Å². The smallest absolute Gasteiger partial charge is 0.269 e. The first-order valence-corrected chi connectivity index (χ1v) is 11.7. The molecule has 0 atom stereocenters. The lowest BCUT2D eigenvalue weighted by atomic mass is 10.2. The SMILES string of the molecule is O=C(NCCCOc1ccc(CN2CCN(c3ccccc3Cl)CC2)cc1)c1ccccn1. The second-order valence-electron chi connectivity index (χ2n) is 8.03. The largest absolute Gasteiger partial charge is 0.494 e. The molecule has 1 fully saturated rings. The molecule has 0 unspecified atom stereocenters. The van der Waals surface area contributed by atoms with Gasteiger partial charge >= 0.3 is 0 Å². The molecule has 172 valence electrons. The van der Waals surface area contributed by atoms with Gasteiger partial charge < -0.3 is 15.0 Å². The minimum Gasteiger partial charge on any atom is -0.494 e. The number of aromatic nitrogens is 1. The van der Waals surface area contributed by atoms with Crippen molar-refractivity contribution in [2.24, 2.45) is 0 Å². The summed E-state index contributed by atoms with van der Waals surface area (Å²) in [5.74, 6) is 0.686. The van der Waals surface area contributed by atoms with Crippen LogP contribution >= 0.6 is 11.6 Å². The van der Waals surface area contributed by atoms with Crippen LogP contribution in [0.3, 0.4) is 0 Å². The number of piperazine rings is 1. The zero-order valence-corrected chi connectivity index (χ0v) is 19.4. The van der Waals surface area contributed by atoms with E-state index in [4.69, 9.17) is 16.3 Å². The van der Waals surface area contributed by atoms with E-state index < -0.39 is 0 Å². The molecule has 3 aromatic rings. The van der Waals surface area contributed by atoms with E-state index in [2.05, 4.69) is 38.3 Å². The fourth-order valence-electron chi connectivity index (χ4n) is 3.86. The monoisotopic (exact) mass is 464 g/mol. The van der Waals surface area contributed by atoms with Crippen molar-refractivity contribution < 1.29 is 9.53 Å². The predicted molar refractivity (Wildman–Crippen MR) is 132 cm³/mol. The second-order valence-corrected chi connectivity index (χ2v) is 8.44. The number of rotatable bonds is 9. The summed E-state index contributed by atoms with van der Waals surface area (Å²) in [6, 6.07) is 21.6. The highest BCUT2D eigenvalue weighted by Gasteiger charge is 2.18. The molecule has 1 saturated heterocycles. The lowest BCUT2D eigenvalue weighted by Crippen LogP contribution is -2.46. The maximum absolute atomic E-state index is 12.0. The molecule has 33 heavy (non-hydrogen) atoms. The third-order valence-corrected chi connectivity index (χ3v) is 5.99. The number of hydrogen-bond acceptors (Lipinski definition) is 5. The fourth-order valence-corrected chi connectivity index (χ4v) is 4.11. The number of nitrogens with one attached hydrogen (secondary N) is 1. The van der Waals surface area contributed by atoms with Crippen molar-refractivity contribution in [2.45, 2.75) is 13.0 Å². The van der Waals surface area contributed by atoms with E-state index in [0.29, 0.717) is 18.8 Å². The molecule has 1 aliphatic rings. The summed E-state index contributed by atoms with van der Waals surface area (Å²) in [4.78, 5) is 20.8. The molecule has 1 N–H and O–H groups in total. The summed E-state index contributed by atoms with van der Waals surface area (Å²) < 4.78 is 5.81. The lowest BCUT2D eigenvalue weighted by molar-refractivity contribution is 0.0946. The Kier molecular flexibility index (Phi) is 8.17. The summed E-state index contributed by atoms with van der Waals surface area (Å²) in [5.41, 5.74) is 2.83. The van der Waals surface area contributed by atoms with Crippen LogP contribution in [0.25, 0.3) is 0 Å². The van der Waals surface area contributed by atoms with Gasteiger partial charge in [-0.05, 0) is 48.4 Å². The van der Waals surface area contributed by atoms with E-state index in [1.165, 1.54) is 5.56 Å². The highest BCUT2D eigenvalue weighted by molar-refractivity contribution is 6.33. The van der Waals surface area contributed by atoms with E-state index >= 15 is 0 Å². The number of amides is 1. The fraction of sp³-hybridized carbons (Fsp3) is 0.308. The molecular weight excluding hydrogens is 436 g/mol. The maximum atomic E-state index is 12.0. The molecule has 0 aliphatic carbocycles. The maximum Gasteiger partial charge on any atom is 0.269 e. The molecule has 1 aliphatic heterocycles. The number of carbonyl (C=O) groups is 1. The van der Waals surface area contributed by atoms with Gasteiger partial charge in [0.15, 0.2) is 0 Å². The number of pyridine rings is 1. The zero-order chi connectivity index (χ0) is 22.9. The number of carbonyl (C=O) groups excluding carboxylic acids is 1. The van der Waals surface area contributed by atoms with Crippen molar-refractivity contribution in [3.63, 3.8) is 0 Å². The molecule has 1 aromatic heterocycles. The van der Waals surface area contributed by atoms with Crippen molar-refractivity contribution in [1.82, 2.24) is 15.2 Å². The molecule has 2 heterocycles. The minimum absolute atomic E-state index is 0.160. The summed E-state index contributed by atoms with van der Waals surface area (Å²) in [6.07, 6.45) is 2.35. The number of nitrogens with zero attached hydrogens (tertiary/aromatic N) is 3. The quantitative estimate of drug-likeness (QED) is 0.479. The minimum atomic E-state index is -0.160. The van der Waals surface area contributed by atoms with Gasteiger partial charge in [-0.25, -0.2) is 0 Å². The Morgan fingerprint density at radius 2 is 1.73 bits per heavy atom. The van der Waals surface area contributed by atoms with Crippen LogP contribution in [-0.4, -0.2) is 55.1 Å².